The highest BCUT2D eigenvalue weighted by Crippen LogP contribution is 2.21. The zero-order valence-corrected chi connectivity index (χ0v) is 13.2. The molecule has 4 nitrogen and oxygen atoms in total. The molecule has 0 unspecified atom stereocenters. The Kier molecular flexibility index (Phi) is 6.61. The first-order valence-corrected chi connectivity index (χ1v) is 7.13. The van der Waals surface area contributed by atoms with E-state index in [1.165, 1.54) is 26.1 Å². The Hall–Kier alpha value is -1.63. The van der Waals surface area contributed by atoms with Gasteiger partial charge in [-0.3, -0.25) is 0 Å². The number of carbonyl (C=O) groups excluding carboxylic acids is 1. The van der Waals surface area contributed by atoms with E-state index in [-0.39, 0.29) is 11.6 Å². The lowest BCUT2D eigenvalue weighted by atomic mass is 10.0. The molecule has 1 aromatic carbocycles. The van der Waals surface area contributed by atoms with Gasteiger partial charge in [-0.1, -0.05) is 19.9 Å². The van der Waals surface area contributed by atoms with Gasteiger partial charge in [0.05, 0.1) is 0 Å². The van der Waals surface area contributed by atoms with Crippen LogP contribution in [0.1, 0.15) is 26.3 Å². The molecule has 0 saturated carbocycles. The van der Waals surface area contributed by atoms with E-state index in [0.29, 0.717) is 22.4 Å². The minimum absolute atomic E-state index is 0.0404. The number of carbonyl (C=O) groups is 1. The summed E-state index contributed by atoms with van der Waals surface area (Å²) >= 11 is 0.579. The number of rotatable bonds is 5. The maximum atomic E-state index is 13.9. The minimum Gasteiger partial charge on any atom is -0.440 e. The molecule has 1 aromatic rings. The van der Waals surface area contributed by atoms with Crippen LogP contribution in [0, 0.1) is 11.7 Å². The van der Waals surface area contributed by atoms with Crippen molar-refractivity contribution in [3.63, 3.8) is 0 Å². The largest absolute Gasteiger partial charge is 0.440 e. The van der Waals surface area contributed by atoms with Gasteiger partial charge < -0.3 is 4.74 Å². The van der Waals surface area contributed by atoms with Gasteiger partial charge in [-0.15, -0.1) is 4.39 Å². The van der Waals surface area contributed by atoms with Crippen molar-refractivity contribution in [2.75, 3.05) is 7.05 Å². The monoisotopic (exact) mass is 316 g/mol. The molecule has 0 bridgehead atoms. The Morgan fingerprint density at radius 2 is 2.14 bits per heavy atom. The molecule has 0 radical (unpaired) electrons. The second-order valence-corrected chi connectivity index (χ2v) is 5.80. The third-order valence-electron chi connectivity index (χ3n) is 2.44. The molecule has 0 fully saturated rings. The smallest absolute Gasteiger partial charge is 0.411 e. The number of halogens is 2. The van der Waals surface area contributed by atoms with Gasteiger partial charge in [0.2, 0.25) is 5.90 Å². The maximum Gasteiger partial charge on any atom is 0.411 e. The number of nitrogens with zero attached hydrogens (tertiary/aromatic N) is 2. The molecule has 0 atom stereocenters. The summed E-state index contributed by atoms with van der Waals surface area (Å²) in [6.07, 6.45) is -0.843. The molecule has 1 amide bonds. The third kappa shape index (κ3) is 6.12. The fourth-order valence-corrected chi connectivity index (χ4v) is 1.89. The standard InChI is InChI=1S/C14H18F2N2O2S/c1-9(2)7-11-5-6-13(12(15)8-11)20-10(3)17-21-18(4)14(16)19/h5-6,8-9H,7H2,1-4H3. The van der Waals surface area contributed by atoms with E-state index in [1.54, 1.807) is 6.07 Å². The molecule has 0 aliphatic rings. The van der Waals surface area contributed by atoms with Crippen molar-refractivity contribution in [1.29, 1.82) is 0 Å². The summed E-state index contributed by atoms with van der Waals surface area (Å²) in [5.74, 6) is 0.106. The van der Waals surface area contributed by atoms with E-state index in [2.05, 4.69) is 18.2 Å². The van der Waals surface area contributed by atoms with Crippen LogP contribution in [0.4, 0.5) is 13.6 Å². The van der Waals surface area contributed by atoms with Crippen molar-refractivity contribution in [3.05, 3.63) is 29.6 Å². The first-order chi connectivity index (χ1) is 9.79. The Labute approximate surface area is 127 Å². The first kappa shape index (κ1) is 17.4. The van der Waals surface area contributed by atoms with Crippen LogP contribution in [0.15, 0.2) is 22.6 Å². The summed E-state index contributed by atoms with van der Waals surface area (Å²) < 4.78 is 35.8. The number of amides is 1. The van der Waals surface area contributed by atoms with Gasteiger partial charge in [-0.2, -0.15) is 4.40 Å². The van der Waals surface area contributed by atoms with Crippen molar-refractivity contribution in [1.82, 2.24) is 4.31 Å². The Bertz CT molecular complexity index is 536. The molecule has 1 rings (SSSR count). The zero-order chi connectivity index (χ0) is 16.0. The van der Waals surface area contributed by atoms with Gasteiger partial charge in [0.15, 0.2) is 11.6 Å². The number of benzene rings is 1. The lowest BCUT2D eigenvalue weighted by Gasteiger charge is -2.10. The fraction of sp³-hybridized carbons (Fsp3) is 0.429. The Morgan fingerprint density at radius 3 is 2.67 bits per heavy atom. The van der Waals surface area contributed by atoms with Crippen LogP contribution in [-0.4, -0.2) is 23.4 Å². The van der Waals surface area contributed by atoms with Crippen molar-refractivity contribution in [2.45, 2.75) is 27.2 Å². The van der Waals surface area contributed by atoms with Crippen LogP contribution in [0.5, 0.6) is 5.75 Å². The van der Waals surface area contributed by atoms with Crippen molar-refractivity contribution < 1.29 is 18.3 Å². The van der Waals surface area contributed by atoms with Gasteiger partial charge in [-0.25, -0.2) is 13.5 Å². The lowest BCUT2D eigenvalue weighted by Crippen LogP contribution is -2.12. The third-order valence-corrected chi connectivity index (χ3v) is 3.16. The summed E-state index contributed by atoms with van der Waals surface area (Å²) in [7, 11) is 1.23. The number of ether oxygens (including phenoxy) is 1. The first-order valence-electron chi connectivity index (χ1n) is 6.40. The average molecular weight is 316 g/mol. The van der Waals surface area contributed by atoms with Crippen molar-refractivity contribution in [2.24, 2.45) is 10.3 Å². The van der Waals surface area contributed by atoms with Crippen LogP contribution in [0.2, 0.25) is 0 Å². The van der Waals surface area contributed by atoms with Crippen LogP contribution < -0.4 is 4.74 Å². The number of hydrogen-bond acceptors (Lipinski definition) is 4. The second kappa shape index (κ2) is 7.97. The molecule has 0 saturated heterocycles. The Balaban J connectivity index is 2.70. The van der Waals surface area contributed by atoms with E-state index >= 15 is 0 Å². The van der Waals surface area contributed by atoms with E-state index < -0.39 is 12.0 Å². The van der Waals surface area contributed by atoms with Crippen molar-refractivity contribution in [3.8, 4) is 5.75 Å². The highest BCUT2D eigenvalue weighted by molar-refractivity contribution is 7.96. The fourth-order valence-electron chi connectivity index (χ4n) is 1.55. The summed E-state index contributed by atoms with van der Waals surface area (Å²) in [6.45, 7) is 5.60. The lowest BCUT2D eigenvalue weighted by molar-refractivity contribution is 0.209. The SMILES string of the molecule is CC(=NSN(C)C(=O)F)Oc1ccc(CC(C)C)cc1F. The summed E-state index contributed by atoms with van der Waals surface area (Å²) in [5.41, 5.74) is 0.890. The van der Waals surface area contributed by atoms with Gasteiger partial charge in [-0.05, 0) is 30.0 Å². The molecule has 21 heavy (non-hydrogen) atoms. The highest BCUT2D eigenvalue weighted by atomic mass is 32.2. The normalized spacial score (nSPS) is 11.7. The summed E-state index contributed by atoms with van der Waals surface area (Å²) in [5, 5.41) is 0. The maximum absolute atomic E-state index is 13.9. The molecular weight excluding hydrogens is 298 g/mol. The van der Waals surface area contributed by atoms with Gasteiger partial charge in [0, 0.05) is 14.0 Å². The quantitative estimate of drug-likeness (QED) is 0.266. The molecule has 0 N–H and O–H groups in total. The highest BCUT2D eigenvalue weighted by Gasteiger charge is 2.09. The van der Waals surface area contributed by atoms with Crippen LogP contribution in [-0.2, 0) is 6.42 Å². The van der Waals surface area contributed by atoms with Crippen LogP contribution in [0.25, 0.3) is 0 Å². The van der Waals surface area contributed by atoms with Crippen LogP contribution >= 0.6 is 12.1 Å². The van der Waals surface area contributed by atoms with Crippen molar-refractivity contribution >= 4 is 24.2 Å². The number of hydrogen-bond donors (Lipinski definition) is 0. The molecule has 0 aliphatic heterocycles. The topological polar surface area (TPSA) is 41.9 Å². The van der Waals surface area contributed by atoms with Gasteiger partial charge >= 0.3 is 6.16 Å². The molecular formula is C14H18F2N2O2S. The predicted molar refractivity (Wildman–Crippen MR) is 80.5 cm³/mol. The molecule has 0 aromatic heterocycles. The Morgan fingerprint density at radius 1 is 1.48 bits per heavy atom. The molecule has 0 aliphatic carbocycles. The summed E-state index contributed by atoms with van der Waals surface area (Å²) in [4.78, 5) is 10.4. The molecule has 7 heteroatoms. The molecule has 0 spiro atoms. The van der Waals surface area contributed by atoms with Gasteiger partial charge in [0.1, 0.15) is 12.1 Å². The predicted octanol–water partition coefficient (Wildman–Crippen LogP) is 4.41. The zero-order valence-electron chi connectivity index (χ0n) is 12.4. The van der Waals surface area contributed by atoms with E-state index in [4.69, 9.17) is 4.74 Å². The second-order valence-electron chi connectivity index (χ2n) is 4.91. The average Bonchev–Trinajstić information content (AvgIpc) is 2.38. The molecule has 0 heterocycles. The van der Waals surface area contributed by atoms with E-state index in [1.807, 2.05) is 0 Å². The minimum atomic E-state index is -1.62. The molecule has 116 valence electrons. The summed E-state index contributed by atoms with van der Waals surface area (Å²) in [6, 6.07) is 4.74. The van der Waals surface area contributed by atoms with Crippen LogP contribution in [0.3, 0.4) is 0 Å². The van der Waals surface area contributed by atoms with Gasteiger partial charge in [0.25, 0.3) is 0 Å². The van der Waals surface area contributed by atoms with E-state index in [0.717, 1.165) is 12.0 Å². The van der Waals surface area contributed by atoms with E-state index in [9.17, 15) is 13.6 Å².